The van der Waals surface area contributed by atoms with Gasteiger partial charge < -0.3 is 20.3 Å². The van der Waals surface area contributed by atoms with Gasteiger partial charge in [-0.05, 0) is 24.6 Å². The molecule has 0 aliphatic heterocycles. The summed E-state index contributed by atoms with van der Waals surface area (Å²) >= 11 is 5.94. The quantitative estimate of drug-likeness (QED) is 0.227. The number of nitrogens with one attached hydrogen (secondary N) is 2. The molecule has 1 aromatic rings. The predicted molar refractivity (Wildman–Crippen MR) is 114 cm³/mol. The van der Waals surface area contributed by atoms with Gasteiger partial charge in [-0.15, -0.1) is 24.0 Å². The number of carbonyl (C=O) groups is 1. The molecule has 0 unspecified atom stereocenters. The van der Waals surface area contributed by atoms with Crippen LogP contribution in [0.3, 0.4) is 0 Å². The maximum Gasteiger partial charge on any atom is 0.387 e. The van der Waals surface area contributed by atoms with Crippen LogP contribution in [-0.2, 0) is 11.3 Å². The number of amides is 1. The molecule has 0 fully saturated rings. The Morgan fingerprint density at radius 1 is 1.33 bits per heavy atom. The van der Waals surface area contributed by atoms with Crippen molar-refractivity contribution in [2.75, 3.05) is 27.2 Å². The van der Waals surface area contributed by atoms with Crippen molar-refractivity contribution in [3.05, 3.63) is 28.8 Å². The standard InChI is InChI=1S/C17H25ClF2N4O2.HI/c1-4-5-8-21-17(23-11-15(25)24(2)3)22-10-12-9-13(18)6-7-14(12)26-16(19)20;/h6-7,9,16H,4-5,8,10-11H2,1-3H3,(H2,21,22,23);1H. The van der Waals surface area contributed by atoms with Crippen LogP contribution in [0.2, 0.25) is 5.02 Å². The number of benzene rings is 1. The monoisotopic (exact) mass is 518 g/mol. The third-order valence-electron chi connectivity index (χ3n) is 3.37. The number of unbranched alkanes of at least 4 members (excludes halogenated alkanes) is 1. The van der Waals surface area contributed by atoms with E-state index in [-0.39, 0.29) is 48.7 Å². The lowest BCUT2D eigenvalue weighted by Crippen LogP contribution is -2.43. The van der Waals surface area contributed by atoms with Crippen molar-refractivity contribution < 1.29 is 18.3 Å². The summed E-state index contributed by atoms with van der Waals surface area (Å²) in [6.07, 6.45) is 1.93. The van der Waals surface area contributed by atoms with Crippen LogP contribution in [-0.4, -0.2) is 50.6 Å². The summed E-state index contributed by atoms with van der Waals surface area (Å²) in [5.41, 5.74) is 0.424. The second kappa shape index (κ2) is 13.8. The first-order valence-corrected chi connectivity index (χ1v) is 8.66. The Balaban J connectivity index is 0.00000676. The van der Waals surface area contributed by atoms with Gasteiger partial charge in [-0.25, -0.2) is 4.99 Å². The fraction of sp³-hybridized carbons (Fsp3) is 0.529. The Kier molecular flexibility index (Phi) is 13.1. The van der Waals surface area contributed by atoms with E-state index in [0.29, 0.717) is 23.1 Å². The van der Waals surface area contributed by atoms with Crippen LogP contribution in [0.4, 0.5) is 8.78 Å². The molecule has 0 bridgehead atoms. The average molecular weight is 519 g/mol. The molecule has 1 rings (SSSR count). The Labute approximate surface area is 180 Å². The molecule has 0 heterocycles. The fourth-order valence-electron chi connectivity index (χ4n) is 1.92. The van der Waals surface area contributed by atoms with E-state index >= 15 is 0 Å². The lowest BCUT2D eigenvalue weighted by atomic mass is 10.2. The summed E-state index contributed by atoms with van der Waals surface area (Å²) in [6, 6.07) is 4.38. The van der Waals surface area contributed by atoms with E-state index in [9.17, 15) is 13.6 Å². The smallest absolute Gasteiger partial charge is 0.387 e. The highest BCUT2D eigenvalue weighted by Crippen LogP contribution is 2.25. The normalized spacial score (nSPS) is 11.0. The van der Waals surface area contributed by atoms with Gasteiger partial charge in [0, 0.05) is 31.2 Å². The zero-order chi connectivity index (χ0) is 19.5. The van der Waals surface area contributed by atoms with E-state index in [1.165, 1.54) is 23.1 Å². The van der Waals surface area contributed by atoms with Crippen molar-refractivity contribution >= 4 is 47.4 Å². The predicted octanol–water partition coefficient (Wildman–Crippen LogP) is 3.48. The molecule has 0 atom stereocenters. The molecule has 1 aromatic carbocycles. The van der Waals surface area contributed by atoms with Crippen LogP contribution in [0.25, 0.3) is 0 Å². The number of aliphatic imine (C=N–C) groups is 1. The minimum atomic E-state index is -2.93. The molecule has 1 amide bonds. The van der Waals surface area contributed by atoms with Crippen LogP contribution >= 0.6 is 35.6 Å². The number of hydrogen-bond donors (Lipinski definition) is 2. The maximum atomic E-state index is 12.5. The molecule has 0 radical (unpaired) electrons. The van der Waals surface area contributed by atoms with Gasteiger partial charge in [-0.2, -0.15) is 8.78 Å². The number of carbonyl (C=O) groups excluding carboxylic acids is 1. The summed E-state index contributed by atoms with van der Waals surface area (Å²) in [7, 11) is 3.32. The third kappa shape index (κ3) is 10.5. The first kappa shape index (κ1) is 25.6. The molecular weight excluding hydrogens is 493 g/mol. The van der Waals surface area contributed by atoms with Crippen molar-refractivity contribution in [3.63, 3.8) is 0 Å². The first-order valence-electron chi connectivity index (χ1n) is 8.29. The Morgan fingerprint density at radius 3 is 2.63 bits per heavy atom. The highest BCUT2D eigenvalue weighted by molar-refractivity contribution is 14.0. The van der Waals surface area contributed by atoms with Gasteiger partial charge >= 0.3 is 6.61 Å². The minimum Gasteiger partial charge on any atom is -0.434 e. The van der Waals surface area contributed by atoms with Gasteiger partial charge in [0.05, 0.1) is 13.1 Å². The summed E-state index contributed by atoms with van der Waals surface area (Å²) in [5.74, 6) is 0.321. The van der Waals surface area contributed by atoms with E-state index in [1.54, 1.807) is 14.1 Å². The van der Waals surface area contributed by atoms with E-state index < -0.39 is 6.61 Å². The van der Waals surface area contributed by atoms with Crippen LogP contribution < -0.4 is 15.4 Å². The average Bonchev–Trinajstić information content (AvgIpc) is 2.58. The van der Waals surface area contributed by atoms with Gasteiger partial charge in [0.15, 0.2) is 5.96 Å². The molecule has 0 aliphatic rings. The van der Waals surface area contributed by atoms with Gasteiger partial charge in [-0.3, -0.25) is 4.79 Å². The molecule has 0 aromatic heterocycles. The molecule has 0 spiro atoms. The van der Waals surface area contributed by atoms with Crippen molar-refractivity contribution in [1.82, 2.24) is 15.5 Å². The van der Waals surface area contributed by atoms with Crippen LogP contribution in [0.1, 0.15) is 25.3 Å². The number of halogens is 4. The van der Waals surface area contributed by atoms with Gasteiger partial charge in [0.25, 0.3) is 0 Å². The van der Waals surface area contributed by atoms with E-state index in [1.807, 2.05) is 0 Å². The summed E-state index contributed by atoms with van der Waals surface area (Å²) in [4.78, 5) is 17.5. The number of likely N-dealkylation sites (N-methyl/N-ethyl adjacent to an activating group) is 1. The number of hydrogen-bond acceptors (Lipinski definition) is 3. The van der Waals surface area contributed by atoms with E-state index in [0.717, 1.165) is 12.8 Å². The van der Waals surface area contributed by atoms with E-state index in [4.69, 9.17) is 11.6 Å². The number of rotatable bonds is 9. The van der Waals surface area contributed by atoms with Gasteiger partial charge in [-0.1, -0.05) is 24.9 Å². The third-order valence-corrected chi connectivity index (χ3v) is 3.61. The molecule has 0 saturated heterocycles. The SMILES string of the molecule is CCCCNC(=NCc1cc(Cl)ccc1OC(F)F)NCC(=O)N(C)C.I. The van der Waals surface area contributed by atoms with Crippen molar-refractivity contribution in [3.8, 4) is 5.75 Å². The highest BCUT2D eigenvalue weighted by atomic mass is 127. The zero-order valence-electron chi connectivity index (χ0n) is 15.6. The van der Waals surface area contributed by atoms with Gasteiger partial charge in [0.1, 0.15) is 5.75 Å². The van der Waals surface area contributed by atoms with Crippen LogP contribution in [0, 0.1) is 0 Å². The molecular formula is C17H26ClF2IN4O2. The van der Waals surface area contributed by atoms with Crippen molar-refractivity contribution in [2.45, 2.75) is 32.9 Å². The van der Waals surface area contributed by atoms with Crippen molar-refractivity contribution in [2.24, 2.45) is 4.99 Å². The number of ether oxygens (including phenoxy) is 1. The van der Waals surface area contributed by atoms with Crippen LogP contribution in [0.5, 0.6) is 5.75 Å². The highest BCUT2D eigenvalue weighted by Gasteiger charge is 2.11. The molecule has 154 valence electrons. The molecule has 0 aliphatic carbocycles. The topological polar surface area (TPSA) is 66.0 Å². The first-order chi connectivity index (χ1) is 12.3. The minimum absolute atomic E-state index is 0. The van der Waals surface area contributed by atoms with Crippen LogP contribution in [0.15, 0.2) is 23.2 Å². The van der Waals surface area contributed by atoms with Gasteiger partial charge in [0.2, 0.25) is 5.91 Å². The lowest BCUT2D eigenvalue weighted by Gasteiger charge is -2.15. The largest absolute Gasteiger partial charge is 0.434 e. The Morgan fingerprint density at radius 2 is 2.04 bits per heavy atom. The molecule has 10 heteroatoms. The summed E-state index contributed by atoms with van der Waals surface area (Å²) in [5, 5.41) is 6.43. The zero-order valence-corrected chi connectivity index (χ0v) is 18.7. The van der Waals surface area contributed by atoms with Crippen molar-refractivity contribution in [1.29, 1.82) is 0 Å². The summed E-state index contributed by atoms with van der Waals surface area (Å²) < 4.78 is 29.6. The maximum absolute atomic E-state index is 12.5. The second-order valence-corrected chi connectivity index (χ2v) is 6.15. The number of nitrogens with zero attached hydrogens (tertiary/aromatic N) is 2. The lowest BCUT2D eigenvalue weighted by molar-refractivity contribution is -0.127. The molecule has 2 N–H and O–H groups in total. The Bertz CT molecular complexity index is 619. The fourth-order valence-corrected chi connectivity index (χ4v) is 2.12. The number of guanidine groups is 1. The molecule has 27 heavy (non-hydrogen) atoms. The van der Waals surface area contributed by atoms with E-state index in [2.05, 4.69) is 27.3 Å². The molecule has 6 nitrogen and oxygen atoms in total. The Hall–Kier alpha value is -1.36. The molecule has 0 saturated carbocycles. The second-order valence-electron chi connectivity index (χ2n) is 5.72. The number of alkyl halides is 2. The summed E-state index contributed by atoms with van der Waals surface area (Å²) in [6.45, 7) is -0.0614.